The molecule has 1 aliphatic heterocycles. The molecule has 10 nitrogen and oxygen atoms in total. The number of ether oxygens (including phenoxy) is 2. The van der Waals surface area contributed by atoms with Gasteiger partial charge in [0.1, 0.15) is 30.5 Å². The predicted octanol–water partition coefficient (Wildman–Crippen LogP) is -4.51. The predicted molar refractivity (Wildman–Crippen MR) is 78.7 cm³/mol. The lowest BCUT2D eigenvalue weighted by atomic mass is 9.79. The van der Waals surface area contributed by atoms with Crippen LogP contribution in [-0.2, 0) is 9.47 Å². The van der Waals surface area contributed by atoms with E-state index in [1.54, 1.807) is 0 Å². The summed E-state index contributed by atoms with van der Waals surface area (Å²) in [4.78, 5) is 0. The topological polar surface area (TPSA) is 172 Å². The maximum atomic E-state index is 10.0. The van der Waals surface area contributed by atoms with Gasteiger partial charge < -0.3 is 50.5 Å². The van der Waals surface area contributed by atoms with Gasteiger partial charge in [-0.25, -0.2) is 0 Å². The Balaban J connectivity index is 1.98. The molecule has 10 atom stereocenters. The Morgan fingerprint density at radius 2 is 1.62 bits per heavy atom. The largest absolute Gasteiger partial charge is 0.396 e. The van der Waals surface area contributed by atoms with E-state index in [9.17, 15) is 35.7 Å². The van der Waals surface area contributed by atoms with Crippen LogP contribution in [0.25, 0.3) is 0 Å². The zero-order valence-electron chi connectivity index (χ0n) is 13.3. The van der Waals surface area contributed by atoms with Gasteiger partial charge in [0.05, 0.1) is 12.2 Å². The maximum absolute atomic E-state index is 10.0. The summed E-state index contributed by atoms with van der Waals surface area (Å²) < 4.78 is 10.3. The van der Waals surface area contributed by atoms with Gasteiger partial charge in [0.25, 0.3) is 0 Å². The summed E-state index contributed by atoms with van der Waals surface area (Å²) in [6.45, 7) is -0.389. The van der Waals surface area contributed by atoms with Gasteiger partial charge in [-0.05, 0) is 6.42 Å². The monoisotopic (exact) mass is 353 g/mol. The fraction of sp³-hybridized carbons (Fsp3) is 1.00. The van der Waals surface area contributed by atoms with E-state index in [1.807, 2.05) is 0 Å². The van der Waals surface area contributed by atoms with Gasteiger partial charge in [0, 0.05) is 32.2 Å². The van der Waals surface area contributed by atoms with E-state index < -0.39 is 67.6 Å². The van der Waals surface area contributed by atoms with Crippen molar-refractivity contribution in [1.29, 1.82) is 0 Å². The van der Waals surface area contributed by atoms with Crippen LogP contribution in [0.3, 0.4) is 0 Å². The fourth-order valence-electron chi connectivity index (χ4n) is 3.31. The lowest BCUT2D eigenvalue weighted by molar-refractivity contribution is -0.288. The van der Waals surface area contributed by atoms with Crippen LogP contribution in [-0.4, -0.2) is 111 Å². The molecule has 8 N–H and O–H groups in total. The van der Waals surface area contributed by atoms with Crippen molar-refractivity contribution in [3.8, 4) is 0 Å². The van der Waals surface area contributed by atoms with E-state index >= 15 is 0 Å². The summed E-state index contributed by atoms with van der Waals surface area (Å²) >= 11 is 0. The fourth-order valence-corrected chi connectivity index (χ4v) is 3.31. The van der Waals surface area contributed by atoms with Gasteiger partial charge in [0.2, 0.25) is 0 Å². The third-order valence-electron chi connectivity index (χ3n) is 4.89. The molecule has 0 amide bonds. The van der Waals surface area contributed by atoms with Crippen LogP contribution >= 0.6 is 0 Å². The van der Waals surface area contributed by atoms with Crippen molar-refractivity contribution in [3.05, 3.63) is 0 Å². The molecule has 142 valence electrons. The Bertz CT molecular complexity index is 398. The standard InChI is InChI=1S/C14H27NO9/c1-23-14-13(22)12(21)11(20)8(24-14)3-15-6-2-7(17)10(19)9(18)5(6)4-16/h5-22H,2-4H2,1H3/t5-,6+,7-,8+,9+,10+,11+,12-,13+,14-/m0/s1. The number of nitrogens with one attached hydrogen (secondary N) is 1. The van der Waals surface area contributed by atoms with Crippen LogP contribution in [0.1, 0.15) is 6.42 Å². The number of aliphatic hydroxyl groups is 7. The van der Waals surface area contributed by atoms with Crippen molar-refractivity contribution in [2.75, 3.05) is 20.3 Å². The van der Waals surface area contributed by atoms with E-state index in [0.29, 0.717) is 0 Å². The second-order valence-electron chi connectivity index (χ2n) is 6.40. The first kappa shape index (κ1) is 19.9. The van der Waals surface area contributed by atoms with Crippen LogP contribution in [0.2, 0.25) is 0 Å². The Labute approximate surface area is 139 Å². The first-order valence-corrected chi connectivity index (χ1v) is 7.92. The highest BCUT2D eigenvalue weighted by molar-refractivity contribution is 4.97. The van der Waals surface area contributed by atoms with E-state index in [4.69, 9.17) is 9.47 Å². The minimum atomic E-state index is -1.45. The lowest BCUT2D eigenvalue weighted by Gasteiger charge is -2.43. The lowest BCUT2D eigenvalue weighted by Crippen LogP contribution is -2.63. The Hall–Kier alpha value is -0.400. The number of methoxy groups -OCH3 is 1. The van der Waals surface area contributed by atoms with Crippen molar-refractivity contribution in [2.24, 2.45) is 5.92 Å². The van der Waals surface area contributed by atoms with E-state index in [2.05, 4.69) is 5.32 Å². The molecule has 1 saturated heterocycles. The van der Waals surface area contributed by atoms with Crippen LogP contribution in [0.4, 0.5) is 0 Å². The molecule has 0 unspecified atom stereocenters. The van der Waals surface area contributed by atoms with Gasteiger partial charge in [-0.3, -0.25) is 0 Å². The normalized spacial score (nSPS) is 50.0. The summed E-state index contributed by atoms with van der Waals surface area (Å²) in [5.74, 6) is -0.710. The summed E-state index contributed by atoms with van der Waals surface area (Å²) in [5, 5.41) is 71.3. The molecule has 24 heavy (non-hydrogen) atoms. The van der Waals surface area contributed by atoms with Gasteiger partial charge in [-0.2, -0.15) is 0 Å². The molecule has 0 radical (unpaired) electrons. The number of rotatable bonds is 5. The second kappa shape index (κ2) is 8.32. The first-order valence-electron chi connectivity index (χ1n) is 7.92. The highest BCUT2D eigenvalue weighted by atomic mass is 16.7. The molecule has 0 bridgehead atoms. The smallest absolute Gasteiger partial charge is 0.186 e. The average Bonchev–Trinajstić information content (AvgIpc) is 2.57. The minimum absolute atomic E-state index is 0.0154. The number of aliphatic hydroxyl groups excluding tert-OH is 7. The third kappa shape index (κ3) is 3.88. The molecule has 0 aromatic carbocycles. The maximum Gasteiger partial charge on any atom is 0.186 e. The quantitative estimate of drug-likeness (QED) is 0.241. The van der Waals surface area contributed by atoms with Crippen LogP contribution in [0.15, 0.2) is 0 Å². The number of hydrogen-bond acceptors (Lipinski definition) is 10. The minimum Gasteiger partial charge on any atom is -0.396 e. The van der Waals surface area contributed by atoms with Crippen molar-refractivity contribution in [3.63, 3.8) is 0 Å². The zero-order chi connectivity index (χ0) is 18.0. The van der Waals surface area contributed by atoms with Crippen molar-refractivity contribution in [1.82, 2.24) is 5.32 Å². The second-order valence-corrected chi connectivity index (χ2v) is 6.40. The molecule has 0 aromatic heterocycles. The van der Waals surface area contributed by atoms with Crippen LogP contribution in [0.5, 0.6) is 0 Å². The first-order chi connectivity index (χ1) is 11.3. The summed E-state index contributed by atoms with van der Waals surface area (Å²) in [6.07, 6.45) is -9.92. The SMILES string of the molecule is CO[C@H]1O[C@H](CN[C@@H]2C[C@H](O)[C@@H](O)[C@H](O)[C@H]2CO)[C@@H](O)[C@H](O)[C@H]1O. The zero-order valence-corrected chi connectivity index (χ0v) is 13.3. The molecular weight excluding hydrogens is 326 g/mol. The molecule has 0 spiro atoms. The van der Waals surface area contributed by atoms with Gasteiger partial charge >= 0.3 is 0 Å². The number of hydrogen-bond donors (Lipinski definition) is 8. The Morgan fingerprint density at radius 1 is 0.958 bits per heavy atom. The van der Waals surface area contributed by atoms with Crippen molar-refractivity contribution in [2.45, 2.75) is 61.5 Å². The van der Waals surface area contributed by atoms with Gasteiger partial charge in [0.15, 0.2) is 6.29 Å². The Kier molecular flexibility index (Phi) is 6.90. The molecule has 2 rings (SSSR count). The third-order valence-corrected chi connectivity index (χ3v) is 4.89. The molecular formula is C14H27NO9. The molecule has 1 saturated carbocycles. The van der Waals surface area contributed by atoms with E-state index in [0.717, 1.165) is 0 Å². The van der Waals surface area contributed by atoms with E-state index in [-0.39, 0.29) is 13.0 Å². The molecule has 0 aromatic rings. The highest BCUT2D eigenvalue weighted by Gasteiger charge is 2.46. The highest BCUT2D eigenvalue weighted by Crippen LogP contribution is 2.27. The Morgan fingerprint density at radius 3 is 2.21 bits per heavy atom. The van der Waals surface area contributed by atoms with Gasteiger partial charge in [-0.15, -0.1) is 0 Å². The van der Waals surface area contributed by atoms with Crippen LogP contribution in [0, 0.1) is 5.92 Å². The molecule has 2 aliphatic rings. The summed E-state index contributed by atoms with van der Waals surface area (Å²) in [5.41, 5.74) is 0. The van der Waals surface area contributed by atoms with Crippen molar-refractivity contribution < 1.29 is 45.2 Å². The summed E-state index contributed by atoms with van der Waals surface area (Å²) in [6, 6.07) is -0.538. The van der Waals surface area contributed by atoms with E-state index in [1.165, 1.54) is 7.11 Å². The molecule has 1 aliphatic carbocycles. The van der Waals surface area contributed by atoms with Crippen molar-refractivity contribution >= 4 is 0 Å². The van der Waals surface area contributed by atoms with Crippen LogP contribution < -0.4 is 5.32 Å². The summed E-state index contributed by atoms with van der Waals surface area (Å²) in [7, 11) is 1.29. The molecule has 2 fully saturated rings. The average molecular weight is 353 g/mol. The molecule has 1 heterocycles. The molecule has 10 heteroatoms. The van der Waals surface area contributed by atoms with Gasteiger partial charge in [-0.1, -0.05) is 0 Å².